The molecule has 0 radical (unpaired) electrons. The standard InChI is InChI=1S/C24H22F3N5O2S/c1-4-12-35(33,34)32(3)20-10-8-18(25)22(21(20)26)31(2)24-17-13-15(7-9-19(17)29-14-30-24)16-6-5-11-28-23(16)27/h5-11,13-14H,4,12H2,1-3H3. The molecule has 0 saturated heterocycles. The van der Waals surface area contributed by atoms with E-state index >= 15 is 4.39 Å². The van der Waals surface area contributed by atoms with E-state index in [2.05, 4.69) is 15.0 Å². The van der Waals surface area contributed by atoms with E-state index in [0.717, 1.165) is 16.4 Å². The van der Waals surface area contributed by atoms with E-state index in [-0.39, 0.29) is 22.8 Å². The van der Waals surface area contributed by atoms with Gasteiger partial charge < -0.3 is 4.90 Å². The Balaban J connectivity index is 1.86. The van der Waals surface area contributed by atoms with Crippen LogP contribution < -0.4 is 9.21 Å². The van der Waals surface area contributed by atoms with Gasteiger partial charge in [0, 0.05) is 31.2 Å². The van der Waals surface area contributed by atoms with Crippen molar-refractivity contribution in [3.05, 3.63) is 72.6 Å². The van der Waals surface area contributed by atoms with Crippen LogP contribution in [0.4, 0.5) is 30.4 Å². The minimum absolute atomic E-state index is 0.148. The van der Waals surface area contributed by atoms with Crippen molar-refractivity contribution in [3.63, 3.8) is 0 Å². The lowest BCUT2D eigenvalue weighted by Crippen LogP contribution is -2.30. The topological polar surface area (TPSA) is 79.3 Å². The third kappa shape index (κ3) is 4.51. The van der Waals surface area contributed by atoms with Crippen molar-refractivity contribution in [1.29, 1.82) is 0 Å². The van der Waals surface area contributed by atoms with E-state index < -0.39 is 33.3 Å². The number of anilines is 3. The summed E-state index contributed by atoms with van der Waals surface area (Å²) in [6.07, 6.45) is 2.92. The Bertz CT molecular complexity index is 1510. The van der Waals surface area contributed by atoms with Crippen LogP contribution in [0.3, 0.4) is 0 Å². The van der Waals surface area contributed by atoms with Gasteiger partial charge in [-0.2, -0.15) is 4.39 Å². The Hall–Kier alpha value is -3.73. The minimum atomic E-state index is -3.80. The van der Waals surface area contributed by atoms with Crippen LogP contribution in [-0.2, 0) is 10.0 Å². The molecule has 0 aliphatic heterocycles. The van der Waals surface area contributed by atoms with Crippen molar-refractivity contribution in [2.75, 3.05) is 29.1 Å². The average Bonchev–Trinajstić information content (AvgIpc) is 2.83. The maximum atomic E-state index is 15.6. The molecule has 182 valence electrons. The largest absolute Gasteiger partial charge is 0.324 e. The second-order valence-electron chi connectivity index (χ2n) is 7.84. The summed E-state index contributed by atoms with van der Waals surface area (Å²) in [6, 6.07) is 10.2. The third-order valence-corrected chi connectivity index (χ3v) is 7.56. The smallest absolute Gasteiger partial charge is 0.234 e. The highest BCUT2D eigenvalue weighted by Gasteiger charge is 2.26. The summed E-state index contributed by atoms with van der Waals surface area (Å²) in [5.74, 6) is -2.67. The second kappa shape index (κ2) is 9.49. The number of benzene rings is 2. The number of halogens is 3. The molecule has 0 fully saturated rings. The minimum Gasteiger partial charge on any atom is -0.324 e. The van der Waals surface area contributed by atoms with Crippen LogP contribution in [-0.4, -0.2) is 43.2 Å². The number of nitrogens with zero attached hydrogens (tertiary/aromatic N) is 5. The first-order valence-electron chi connectivity index (χ1n) is 10.7. The van der Waals surface area contributed by atoms with Crippen molar-refractivity contribution in [3.8, 4) is 11.1 Å². The molecule has 4 rings (SSSR count). The summed E-state index contributed by atoms with van der Waals surface area (Å²) in [7, 11) is -1.17. The van der Waals surface area contributed by atoms with Gasteiger partial charge in [0.15, 0.2) is 5.82 Å². The van der Waals surface area contributed by atoms with Crippen molar-refractivity contribution in [2.45, 2.75) is 13.3 Å². The molecule has 35 heavy (non-hydrogen) atoms. The summed E-state index contributed by atoms with van der Waals surface area (Å²) >= 11 is 0. The zero-order valence-electron chi connectivity index (χ0n) is 19.2. The number of aromatic nitrogens is 3. The second-order valence-corrected chi connectivity index (χ2v) is 9.96. The normalized spacial score (nSPS) is 11.6. The predicted octanol–water partition coefficient (Wildman–Crippen LogP) is 5.05. The quantitative estimate of drug-likeness (QED) is 0.330. The highest BCUT2D eigenvalue weighted by molar-refractivity contribution is 7.92. The zero-order chi connectivity index (χ0) is 25.3. The van der Waals surface area contributed by atoms with Gasteiger partial charge in [0.05, 0.1) is 17.0 Å². The Morgan fingerprint density at radius 3 is 2.46 bits per heavy atom. The van der Waals surface area contributed by atoms with Crippen LogP contribution in [0.1, 0.15) is 13.3 Å². The summed E-state index contributed by atoms with van der Waals surface area (Å²) in [5.41, 5.74) is 0.410. The van der Waals surface area contributed by atoms with Crippen molar-refractivity contribution >= 4 is 38.1 Å². The van der Waals surface area contributed by atoms with E-state index in [1.165, 1.54) is 31.5 Å². The van der Waals surface area contributed by atoms with Crippen molar-refractivity contribution in [2.24, 2.45) is 0 Å². The Morgan fingerprint density at radius 2 is 1.74 bits per heavy atom. The van der Waals surface area contributed by atoms with Crippen LogP contribution in [0.2, 0.25) is 0 Å². The highest BCUT2D eigenvalue weighted by atomic mass is 32.2. The number of fused-ring (bicyclic) bond motifs is 1. The fourth-order valence-electron chi connectivity index (χ4n) is 3.81. The van der Waals surface area contributed by atoms with Gasteiger partial charge in [0.1, 0.15) is 23.6 Å². The molecule has 7 nitrogen and oxygen atoms in total. The maximum Gasteiger partial charge on any atom is 0.234 e. The molecule has 0 aliphatic carbocycles. The number of pyridine rings is 1. The van der Waals surface area contributed by atoms with Crippen LogP contribution in [0.25, 0.3) is 22.0 Å². The molecule has 0 aliphatic rings. The van der Waals surface area contributed by atoms with E-state index in [9.17, 15) is 17.2 Å². The molecule has 0 amide bonds. The number of hydrogen-bond donors (Lipinski definition) is 0. The van der Waals surface area contributed by atoms with Crippen LogP contribution in [0.5, 0.6) is 0 Å². The molecule has 0 unspecified atom stereocenters. The van der Waals surface area contributed by atoms with Gasteiger partial charge in [-0.25, -0.2) is 32.2 Å². The Labute approximate surface area is 200 Å². The Morgan fingerprint density at radius 1 is 0.971 bits per heavy atom. The summed E-state index contributed by atoms with van der Waals surface area (Å²) in [4.78, 5) is 13.3. The monoisotopic (exact) mass is 501 g/mol. The SMILES string of the molecule is CCCS(=O)(=O)N(C)c1ccc(F)c(N(C)c2ncnc3ccc(-c4cccnc4F)cc23)c1F. The van der Waals surface area contributed by atoms with Crippen LogP contribution in [0, 0.1) is 17.6 Å². The number of sulfonamides is 1. The van der Waals surface area contributed by atoms with Crippen molar-refractivity contribution in [1.82, 2.24) is 15.0 Å². The molecule has 0 spiro atoms. The molecule has 4 aromatic rings. The number of hydrogen-bond acceptors (Lipinski definition) is 6. The fraction of sp³-hybridized carbons (Fsp3) is 0.208. The average molecular weight is 502 g/mol. The molecule has 2 aromatic carbocycles. The van der Waals surface area contributed by atoms with Gasteiger partial charge in [-0.15, -0.1) is 0 Å². The molecule has 0 N–H and O–H groups in total. The summed E-state index contributed by atoms with van der Waals surface area (Å²) in [5, 5.41) is 0.409. The van der Waals surface area contributed by atoms with Gasteiger partial charge in [-0.3, -0.25) is 4.31 Å². The molecule has 0 bridgehead atoms. The molecule has 2 aromatic heterocycles. The molecular formula is C24H22F3N5O2S. The van der Waals surface area contributed by atoms with Crippen LogP contribution in [0.15, 0.2) is 55.0 Å². The van der Waals surface area contributed by atoms with Crippen molar-refractivity contribution < 1.29 is 21.6 Å². The zero-order valence-corrected chi connectivity index (χ0v) is 20.0. The lowest BCUT2D eigenvalue weighted by atomic mass is 10.0. The third-order valence-electron chi connectivity index (χ3n) is 5.60. The van der Waals surface area contributed by atoms with Crippen LogP contribution >= 0.6 is 0 Å². The summed E-state index contributed by atoms with van der Waals surface area (Å²) in [6.45, 7) is 1.69. The number of rotatable bonds is 7. The van der Waals surface area contributed by atoms with Gasteiger partial charge in [-0.05, 0) is 48.4 Å². The van der Waals surface area contributed by atoms with Gasteiger partial charge in [-0.1, -0.05) is 13.0 Å². The molecule has 0 atom stereocenters. The summed E-state index contributed by atoms with van der Waals surface area (Å²) < 4.78 is 70.6. The van der Waals surface area contributed by atoms with Gasteiger partial charge in [0.25, 0.3) is 0 Å². The van der Waals surface area contributed by atoms with Gasteiger partial charge in [0.2, 0.25) is 16.0 Å². The predicted molar refractivity (Wildman–Crippen MR) is 130 cm³/mol. The lowest BCUT2D eigenvalue weighted by Gasteiger charge is -2.25. The maximum absolute atomic E-state index is 15.6. The van der Waals surface area contributed by atoms with E-state index in [1.54, 1.807) is 37.3 Å². The molecule has 0 saturated carbocycles. The first kappa shape index (κ1) is 24.4. The van der Waals surface area contributed by atoms with Gasteiger partial charge >= 0.3 is 0 Å². The first-order chi connectivity index (χ1) is 16.7. The fourth-order valence-corrected chi connectivity index (χ4v) is 5.04. The van der Waals surface area contributed by atoms with E-state index in [1.807, 2.05) is 0 Å². The molecular weight excluding hydrogens is 479 g/mol. The molecule has 11 heteroatoms. The highest BCUT2D eigenvalue weighted by Crippen LogP contribution is 2.37. The van der Waals surface area contributed by atoms with E-state index in [0.29, 0.717) is 22.9 Å². The lowest BCUT2D eigenvalue weighted by molar-refractivity contribution is 0.576. The van der Waals surface area contributed by atoms with E-state index in [4.69, 9.17) is 0 Å². The Kier molecular flexibility index (Phi) is 6.62. The first-order valence-corrected chi connectivity index (χ1v) is 12.3. The molecule has 2 heterocycles.